The molecule has 0 aliphatic carbocycles. The monoisotopic (exact) mass is 266 g/mol. The number of alkyl halides is 3. The molecule has 1 fully saturated rings. The van der Waals surface area contributed by atoms with E-state index < -0.39 is 17.5 Å². The predicted octanol–water partition coefficient (Wildman–Crippen LogP) is 2.16. The van der Waals surface area contributed by atoms with Crippen LogP contribution < -0.4 is 5.73 Å². The van der Waals surface area contributed by atoms with Gasteiger partial charge in [-0.25, -0.2) is 0 Å². The van der Waals surface area contributed by atoms with Crippen LogP contribution in [0.25, 0.3) is 0 Å². The Hall–Kier alpha value is -0.780. The van der Waals surface area contributed by atoms with Crippen LogP contribution in [0.2, 0.25) is 0 Å². The van der Waals surface area contributed by atoms with Crippen LogP contribution in [-0.4, -0.2) is 36.6 Å². The van der Waals surface area contributed by atoms with E-state index >= 15 is 0 Å². The van der Waals surface area contributed by atoms with E-state index in [1.165, 1.54) is 4.90 Å². The topological polar surface area (TPSA) is 46.3 Å². The largest absolute Gasteiger partial charge is 0.393 e. The summed E-state index contributed by atoms with van der Waals surface area (Å²) in [5.41, 5.74) is 4.95. The number of likely N-dealkylation sites (tertiary alicyclic amines) is 1. The van der Waals surface area contributed by atoms with Gasteiger partial charge in [-0.3, -0.25) is 4.79 Å². The lowest BCUT2D eigenvalue weighted by Gasteiger charge is -2.33. The molecule has 0 radical (unpaired) electrons. The zero-order valence-electron chi connectivity index (χ0n) is 10.9. The average Bonchev–Trinajstić information content (AvgIpc) is 2.80. The molecule has 0 aromatic rings. The fraction of sp³-hybridized carbons (Fsp3) is 0.917. The Morgan fingerprint density at radius 3 is 2.22 bits per heavy atom. The molecule has 1 aliphatic heterocycles. The van der Waals surface area contributed by atoms with E-state index in [2.05, 4.69) is 0 Å². The third-order valence-electron chi connectivity index (χ3n) is 4.14. The molecule has 18 heavy (non-hydrogen) atoms. The summed E-state index contributed by atoms with van der Waals surface area (Å²) in [7, 11) is 0. The molecule has 0 spiro atoms. The van der Waals surface area contributed by atoms with Gasteiger partial charge in [0.05, 0.1) is 11.3 Å². The highest BCUT2D eigenvalue weighted by atomic mass is 19.4. The molecule has 0 aromatic carbocycles. The van der Waals surface area contributed by atoms with Crippen LogP contribution in [0, 0.1) is 11.3 Å². The van der Waals surface area contributed by atoms with Crippen LogP contribution in [0.3, 0.4) is 0 Å². The third-order valence-corrected chi connectivity index (χ3v) is 4.14. The molecule has 0 bridgehead atoms. The van der Waals surface area contributed by atoms with Crippen molar-refractivity contribution >= 4 is 5.91 Å². The molecular formula is C12H21F3N2O. The second-order valence-electron chi connectivity index (χ2n) is 4.97. The Labute approximate surface area is 106 Å². The maximum Gasteiger partial charge on any atom is 0.393 e. The van der Waals surface area contributed by atoms with Crippen LogP contribution in [-0.2, 0) is 4.79 Å². The van der Waals surface area contributed by atoms with Gasteiger partial charge in [0.2, 0.25) is 5.91 Å². The van der Waals surface area contributed by atoms with E-state index in [1.54, 1.807) is 0 Å². The first-order valence-corrected chi connectivity index (χ1v) is 6.37. The zero-order valence-corrected chi connectivity index (χ0v) is 10.9. The molecule has 0 aromatic heterocycles. The first-order valence-electron chi connectivity index (χ1n) is 6.37. The summed E-state index contributed by atoms with van der Waals surface area (Å²) in [6.45, 7) is 3.86. The van der Waals surface area contributed by atoms with Gasteiger partial charge < -0.3 is 10.6 Å². The highest BCUT2D eigenvalue weighted by Gasteiger charge is 2.47. The number of nitrogens with zero attached hydrogens (tertiary/aromatic N) is 1. The van der Waals surface area contributed by atoms with Gasteiger partial charge in [0, 0.05) is 19.6 Å². The number of rotatable bonds is 4. The smallest absolute Gasteiger partial charge is 0.342 e. The number of hydrogen-bond donors (Lipinski definition) is 1. The molecule has 106 valence electrons. The van der Waals surface area contributed by atoms with Crippen molar-refractivity contribution in [3.05, 3.63) is 0 Å². The van der Waals surface area contributed by atoms with Gasteiger partial charge in [-0.1, -0.05) is 13.8 Å². The Kier molecular flexibility index (Phi) is 4.64. The van der Waals surface area contributed by atoms with Gasteiger partial charge in [-0.15, -0.1) is 0 Å². The molecule has 1 amide bonds. The quantitative estimate of drug-likeness (QED) is 0.847. The van der Waals surface area contributed by atoms with Crippen molar-refractivity contribution < 1.29 is 18.0 Å². The summed E-state index contributed by atoms with van der Waals surface area (Å²) in [5.74, 6) is -1.60. The summed E-state index contributed by atoms with van der Waals surface area (Å²) in [6.07, 6.45) is -3.08. The molecular weight excluding hydrogens is 245 g/mol. The molecule has 6 heteroatoms. The normalized spacial score (nSPS) is 21.4. The maximum absolute atomic E-state index is 12.6. The zero-order chi connectivity index (χ0) is 14.0. The van der Waals surface area contributed by atoms with E-state index in [-0.39, 0.29) is 32.0 Å². The van der Waals surface area contributed by atoms with Crippen LogP contribution in [0.15, 0.2) is 0 Å². The average molecular weight is 266 g/mol. The Morgan fingerprint density at radius 2 is 1.89 bits per heavy atom. The van der Waals surface area contributed by atoms with Gasteiger partial charge >= 0.3 is 6.18 Å². The standard InChI is InChI=1S/C12H21F3N2O/c1-3-11(4-2,8-16)10(18)17-6-5-9(7-17)12(13,14)15/h9H,3-8,16H2,1-2H3. The summed E-state index contributed by atoms with van der Waals surface area (Å²) in [6, 6.07) is 0. The number of carbonyl (C=O) groups is 1. The summed E-state index contributed by atoms with van der Waals surface area (Å²) in [4.78, 5) is 13.6. The maximum atomic E-state index is 12.6. The second-order valence-corrected chi connectivity index (χ2v) is 4.97. The number of halogens is 3. The molecule has 1 unspecified atom stereocenters. The van der Waals surface area contributed by atoms with E-state index in [0.29, 0.717) is 12.8 Å². The number of nitrogens with two attached hydrogens (primary N) is 1. The Balaban J connectivity index is 2.75. The predicted molar refractivity (Wildman–Crippen MR) is 62.8 cm³/mol. The van der Waals surface area contributed by atoms with Crippen molar-refractivity contribution in [1.29, 1.82) is 0 Å². The minimum absolute atomic E-state index is 0.00329. The first-order chi connectivity index (χ1) is 8.30. The number of hydrogen-bond acceptors (Lipinski definition) is 2. The van der Waals surface area contributed by atoms with Crippen molar-refractivity contribution in [2.75, 3.05) is 19.6 Å². The summed E-state index contributed by atoms with van der Waals surface area (Å²) >= 11 is 0. The third kappa shape index (κ3) is 2.79. The van der Waals surface area contributed by atoms with E-state index in [0.717, 1.165) is 0 Å². The first kappa shape index (κ1) is 15.3. The molecule has 3 nitrogen and oxygen atoms in total. The molecule has 1 rings (SSSR count). The van der Waals surface area contributed by atoms with Crippen molar-refractivity contribution in [2.24, 2.45) is 17.1 Å². The minimum Gasteiger partial charge on any atom is -0.342 e. The van der Waals surface area contributed by atoms with E-state index in [9.17, 15) is 18.0 Å². The lowest BCUT2D eigenvalue weighted by atomic mass is 9.81. The van der Waals surface area contributed by atoms with Gasteiger partial charge in [-0.05, 0) is 19.3 Å². The van der Waals surface area contributed by atoms with Crippen LogP contribution >= 0.6 is 0 Å². The molecule has 1 atom stereocenters. The van der Waals surface area contributed by atoms with Crippen molar-refractivity contribution in [3.63, 3.8) is 0 Å². The lowest BCUT2D eigenvalue weighted by Crippen LogP contribution is -2.47. The fourth-order valence-electron chi connectivity index (χ4n) is 2.48. The fourth-order valence-corrected chi connectivity index (χ4v) is 2.48. The highest BCUT2D eigenvalue weighted by molar-refractivity contribution is 5.83. The van der Waals surface area contributed by atoms with Crippen molar-refractivity contribution in [1.82, 2.24) is 4.90 Å². The van der Waals surface area contributed by atoms with Crippen molar-refractivity contribution in [3.8, 4) is 0 Å². The molecule has 0 saturated carbocycles. The summed E-state index contributed by atoms with van der Waals surface area (Å²) < 4.78 is 37.7. The molecule has 1 saturated heterocycles. The van der Waals surface area contributed by atoms with Crippen LogP contribution in [0.5, 0.6) is 0 Å². The van der Waals surface area contributed by atoms with Gasteiger partial charge in [0.25, 0.3) is 0 Å². The SMILES string of the molecule is CCC(CC)(CN)C(=O)N1CCC(C(F)(F)F)C1. The number of amides is 1. The van der Waals surface area contributed by atoms with Gasteiger partial charge in [0.15, 0.2) is 0 Å². The molecule has 1 heterocycles. The minimum atomic E-state index is -4.21. The van der Waals surface area contributed by atoms with Gasteiger partial charge in [-0.2, -0.15) is 13.2 Å². The van der Waals surface area contributed by atoms with Crippen LogP contribution in [0.4, 0.5) is 13.2 Å². The lowest BCUT2D eigenvalue weighted by molar-refractivity contribution is -0.171. The summed E-state index contributed by atoms with van der Waals surface area (Å²) in [5, 5.41) is 0. The van der Waals surface area contributed by atoms with Crippen molar-refractivity contribution in [2.45, 2.75) is 39.3 Å². The number of carbonyl (C=O) groups excluding carboxylic acids is 1. The Morgan fingerprint density at radius 1 is 1.33 bits per heavy atom. The van der Waals surface area contributed by atoms with Gasteiger partial charge in [0.1, 0.15) is 0 Å². The highest BCUT2D eigenvalue weighted by Crippen LogP contribution is 2.36. The van der Waals surface area contributed by atoms with Crippen LogP contribution in [0.1, 0.15) is 33.1 Å². The second kappa shape index (κ2) is 5.47. The Bertz CT molecular complexity index is 292. The van der Waals surface area contributed by atoms with E-state index in [4.69, 9.17) is 5.73 Å². The molecule has 1 aliphatic rings. The van der Waals surface area contributed by atoms with E-state index in [1.807, 2.05) is 13.8 Å². The molecule has 2 N–H and O–H groups in total.